The normalized spacial score (nSPS) is 11.6. The predicted octanol–water partition coefficient (Wildman–Crippen LogP) is 1.45. The van der Waals surface area contributed by atoms with Crippen LogP contribution in [0.3, 0.4) is 0 Å². The number of aryl methyl sites for hydroxylation is 1. The summed E-state index contributed by atoms with van der Waals surface area (Å²) < 4.78 is 9.99. The number of hydrogen-bond donors (Lipinski definition) is 2. The Balaban J connectivity index is 2.01. The summed E-state index contributed by atoms with van der Waals surface area (Å²) in [5.41, 5.74) is 7.70. The maximum atomic E-state index is 5.84. The van der Waals surface area contributed by atoms with E-state index in [0.29, 0.717) is 18.3 Å². The molecule has 0 saturated heterocycles. The Labute approximate surface area is 116 Å². The van der Waals surface area contributed by atoms with Gasteiger partial charge in [0.25, 0.3) is 0 Å². The number of rotatable bonds is 5. The van der Waals surface area contributed by atoms with Crippen LogP contribution in [0.1, 0.15) is 17.3 Å². The van der Waals surface area contributed by atoms with Gasteiger partial charge in [0.05, 0.1) is 6.61 Å². The van der Waals surface area contributed by atoms with Crippen molar-refractivity contribution in [1.82, 2.24) is 10.1 Å². The summed E-state index contributed by atoms with van der Waals surface area (Å²) in [6.07, 6.45) is 0. The average Bonchev–Trinajstić information content (AvgIpc) is 2.85. The Morgan fingerprint density at radius 3 is 2.95 bits per heavy atom. The van der Waals surface area contributed by atoms with Crippen LogP contribution in [0.15, 0.2) is 33.8 Å². The maximum absolute atomic E-state index is 5.84. The van der Waals surface area contributed by atoms with Gasteiger partial charge in [-0.3, -0.25) is 0 Å². The third-order valence-electron chi connectivity index (χ3n) is 2.54. The number of anilines is 1. The first-order valence-corrected chi connectivity index (χ1v) is 6.12. The number of guanidine groups is 1. The molecule has 0 amide bonds. The minimum Gasteiger partial charge on any atom is -0.380 e. The Bertz CT molecular complexity index is 594. The number of nitrogens with two attached hydrogens (primary N) is 1. The van der Waals surface area contributed by atoms with Crippen LogP contribution < -0.4 is 11.1 Å². The standard InChI is InChI=1S/C13H17N5O2/c1-9-16-12(18-20-9)7-15-13(14)17-11-6-4-3-5-10(11)8-19-2/h3-6H,7-8H2,1-2H3,(H3,14,15,17). The Morgan fingerprint density at radius 2 is 2.25 bits per heavy atom. The zero-order valence-electron chi connectivity index (χ0n) is 11.5. The van der Waals surface area contributed by atoms with Crippen LogP contribution in [0.4, 0.5) is 5.69 Å². The molecule has 0 aliphatic heterocycles. The smallest absolute Gasteiger partial charge is 0.223 e. The molecule has 0 atom stereocenters. The second-order valence-corrected chi connectivity index (χ2v) is 4.15. The van der Waals surface area contributed by atoms with E-state index in [9.17, 15) is 0 Å². The molecule has 0 unspecified atom stereocenters. The molecule has 3 N–H and O–H groups in total. The van der Waals surface area contributed by atoms with Crippen LogP contribution in [0.2, 0.25) is 0 Å². The highest BCUT2D eigenvalue weighted by atomic mass is 16.5. The molecule has 2 rings (SSSR count). The highest BCUT2D eigenvalue weighted by molar-refractivity contribution is 5.92. The monoisotopic (exact) mass is 275 g/mol. The molecular weight excluding hydrogens is 258 g/mol. The number of nitrogens with zero attached hydrogens (tertiary/aromatic N) is 3. The fraction of sp³-hybridized carbons (Fsp3) is 0.308. The van der Waals surface area contributed by atoms with Gasteiger partial charge >= 0.3 is 0 Å². The minimum absolute atomic E-state index is 0.266. The second kappa shape index (κ2) is 6.67. The molecule has 7 heteroatoms. The van der Waals surface area contributed by atoms with Crippen molar-refractivity contribution >= 4 is 11.6 Å². The number of benzene rings is 1. The van der Waals surface area contributed by atoms with Crippen LogP contribution in [0.25, 0.3) is 0 Å². The summed E-state index contributed by atoms with van der Waals surface area (Å²) in [5.74, 6) is 1.29. The van der Waals surface area contributed by atoms with Crippen molar-refractivity contribution in [1.29, 1.82) is 0 Å². The molecule has 2 aromatic rings. The van der Waals surface area contributed by atoms with Gasteiger partial charge in [-0.05, 0) is 6.07 Å². The van der Waals surface area contributed by atoms with Gasteiger partial charge in [0.1, 0.15) is 6.54 Å². The van der Waals surface area contributed by atoms with Crippen molar-refractivity contribution < 1.29 is 9.26 Å². The molecule has 0 spiro atoms. The van der Waals surface area contributed by atoms with Crippen LogP contribution >= 0.6 is 0 Å². The number of nitrogens with one attached hydrogen (secondary N) is 1. The number of aromatic nitrogens is 2. The predicted molar refractivity (Wildman–Crippen MR) is 75.1 cm³/mol. The first kappa shape index (κ1) is 14.0. The molecule has 1 heterocycles. The lowest BCUT2D eigenvalue weighted by atomic mass is 10.2. The number of para-hydroxylation sites is 1. The molecule has 0 radical (unpaired) electrons. The summed E-state index contributed by atoms with van der Waals surface area (Å²) in [7, 11) is 1.65. The molecule has 0 aliphatic rings. The van der Waals surface area contributed by atoms with Gasteiger partial charge in [0.15, 0.2) is 11.8 Å². The van der Waals surface area contributed by atoms with E-state index >= 15 is 0 Å². The van der Waals surface area contributed by atoms with E-state index in [-0.39, 0.29) is 12.5 Å². The van der Waals surface area contributed by atoms with Gasteiger partial charge < -0.3 is 20.3 Å². The van der Waals surface area contributed by atoms with E-state index in [1.54, 1.807) is 14.0 Å². The van der Waals surface area contributed by atoms with Crippen LogP contribution in [-0.4, -0.2) is 23.2 Å². The van der Waals surface area contributed by atoms with Gasteiger partial charge in [-0.2, -0.15) is 4.98 Å². The summed E-state index contributed by atoms with van der Waals surface area (Å²) in [5, 5.41) is 6.78. The maximum Gasteiger partial charge on any atom is 0.223 e. The second-order valence-electron chi connectivity index (χ2n) is 4.15. The minimum atomic E-state index is 0.266. The molecule has 106 valence electrons. The zero-order valence-corrected chi connectivity index (χ0v) is 11.5. The van der Waals surface area contributed by atoms with Crippen LogP contribution in [0.5, 0.6) is 0 Å². The molecule has 1 aromatic carbocycles. The highest BCUT2D eigenvalue weighted by Crippen LogP contribution is 2.15. The lowest BCUT2D eigenvalue weighted by molar-refractivity contribution is 0.185. The van der Waals surface area contributed by atoms with E-state index in [2.05, 4.69) is 20.4 Å². The topological polar surface area (TPSA) is 98.6 Å². The van der Waals surface area contributed by atoms with E-state index in [1.165, 1.54) is 0 Å². The first-order valence-electron chi connectivity index (χ1n) is 6.12. The number of aliphatic imine (C=N–C) groups is 1. The quantitative estimate of drug-likeness (QED) is 0.633. The van der Waals surface area contributed by atoms with Crippen molar-refractivity contribution in [3.8, 4) is 0 Å². The Kier molecular flexibility index (Phi) is 4.67. The zero-order chi connectivity index (χ0) is 14.4. The van der Waals surface area contributed by atoms with Gasteiger partial charge in [-0.25, -0.2) is 4.99 Å². The van der Waals surface area contributed by atoms with Crippen molar-refractivity contribution in [2.24, 2.45) is 10.7 Å². The van der Waals surface area contributed by atoms with Crippen molar-refractivity contribution in [3.63, 3.8) is 0 Å². The van der Waals surface area contributed by atoms with Crippen LogP contribution in [0, 0.1) is 6.92 Å². The van der Waals surface area contributed by atoms with Crippen LogP contribution in [-0.2, 0) is 17.9 Å². The lowest BCUT2D eigenvalue weighted by Crippen LogP contribution is -2.23. The van der Waals surface area contributed by atoms with E-state index in [0.717, 1.165) is 11.3 Å². The van der Waals surface area contributed by atoms with Gasteiger partial charge in [0.2, 0.25) is 5.89 Å². The molecular formula is C13H17N5O2. The molecule has 0 bridgehead atoms. The molecule has 1 aromatic heterocycles. The van der Waals surface area contributed by atoms with E-state index in [1.807, 2.05) is 24.3 Å². The summed E-state index contributed by atoms with van der Waals surface area (Å²) in [4.78, 5) is 8.21. The number of hydrogen-bond acceptors (Lipinski definition) is 5. The molecule has 0 aliphatic carbocycles. The fourth-order valence-corrected chi connectivity index (χ4v) is 1.66. The number of ether oxygens (including phenoxy) is 1. The van der Waals surface area contributed by atoms with Crippen molar-refractivity contribution in [3.05, 3.63) is 41.5 Å². The summed E-state index contributed by atoms with van der Waals surface area (Å²) >= 11 is 0. The largest absolute Gasteiger partial charge is 0.380 e. The summed E-state index contributed by atoms with van der Waals surface area (Å²) in [6, 6.07) is 7.73. The third-order valence-corrected chi connectivity index (χ3v) is 2.54. The Morgan fingerprint density at radius 1 is 1.45 bits per heavy atom. The fourth-order valence-electron chi connectivity index (χ4n) is 1.66. The molecule has 7 nitrogen and oxygen atoms in total. The number of methoxy groups -OCH3 is 1. The van der Waals surface area contributed by atoms with Crippen molar-refractivity contribution in [2.75, 3.05) is 12.4 Å². The van der Waals surface area contributed by atoms with E-state index < -0.39 is 0 Å². The lowest BCUT2D eigenvalue weighted by Gasteiger charge is -2.10. The molecule has 0 fully saturated rings. The van der Waals surface area contributed by atoms with Gasteiger partial charge in [-0.1, -0.05) is 23.4 Å². The SMILES string of the molecule is COCc1ccccc1NC(N)=NCc1noc(C)n1. The third kappa shape index (κ3) is 3.79. The van der Waals surface area contributed by atoms with Crippen molar-refractivity contribution in [2.45, 2.75) is 20.1 Å². The van der Waals surface area contributed by atoms with Gasteiger partial charge in [0, 0.05) is 25.3 Å². The molecule has 20 heavy (non-hydrogen) atoms. The molecule has 0 saturated carbocycles. The van der Waals surface area contributed by atoms with E-state index in [4.69, 9.17) is 15.0 Å². The highest BCUT2D eigenvalue weighted by Gasteiger charge is 2.04. The first-order chi connectivity index (χ1) is 9.69. The van der Waals surface area contributed by atoms with Gasteiger partial charge in [-0.15, -0.1) is 0 Å². The Hall–Kier alpha value is -2.41. The summed E-state index contributed by atoms with van der Waals surface area (Å²) in [6.45, 7) is 2.49. The average molecular weight is 275 g/mol.